The fourth-order valence-electron chi connectivity index (χ4n) is 3.17. The van der Waals surface area contributed by atoms with Crippen LogP contribution in [0.1, 0.15) is 19.3 Å². The van der Waals surface area contributed by atoms with Crippen LogP contribution in [0, 0.1) is 0 Å². The van der Waals surface area contributed by atoms with Crippen LogP contribution in [0.4, 0.5) is 0 Å². The molecule has 2 N–H and O–H groups in total. The van der Waals surface area contributed by atoms with Crippen LogP contribution in [0.25, 0.3) is 0 Å². The molecule has 22 heavy (non-hydrogen) atoms. The minimum Gasteiger partial charge on any atom is -0.379 e. The summed E-state index contributed by atoms with van der Waals surface area (Å²) in [6, 6.07) is 0.983. The quantitative estimate of drug-likeness (QED) is 0.528. The highest BCUT2D eigenvalue weighted by Gasteiger charge is 2.30. The number of morpholine rings is 1. The van der Waals surface area contributed by atoms with Crippen LogP contribution in [0.2, 0.25) is 0 Å². The second-order valence-corrected chi connectivity index (χ2v) is 6.28. The lowest BCUT2D eigenvalue weighted by molar-refractivity contribution is -0.120. The normalized spacial score (nSPS) is 27.0. The first kappa shape index (κ1) is 15.6. The van der Waals surface area contributed by atoms with Gasteiger partial charge in [-0.15, -0.1) is 0 Å². The van der Waals surface area contributed by atoms with Gasteiger partial charge in [0.25, 0.3) is 0 Å². The Morgan fingerprint density at radius 3 is 2.68 bits per heavy atom. The van der Waals surface area contributed by atoms with Crippen LogP contribution in [0.5, 0.6) is 0 Å². The molecule has 0 spiro atoms. The van der Waals surface area contributed by atoms with Crippen LogP contribution in [-0.4, -0.2) is 86.7 Å². The molecule has 0 aromatic rings. The van der Waals surface area contributed by atoms with Gasteiger partial charge in [0.1, 0.15) is 0 Å². The van der Waals surface area contributed by atoms with Gasteiger partial charge in [0.15, 0.2) is 5.96 Å². The SMILES string of the molecule is CN=C(NCC(=O)NC1CC1)N1CCC(N2CCOCC2)C1. The molecule has 3 aliphatic rings. The van der Waals surface area contributed by atoms with Gasteiger partial charge >= 0.3 is 0 Å². The maximum absolute atomic E-state index is 11.8. The number of likely N-dealkylation sites (tertiary alicyclic amines) is 1. The predicted octanol–water partition coefficient (Wildman–Crippen LogP) is -0.753. The zero-order chi connectivity index (χ0) is 15.4. The summed E-state index contributed by atoms with van der Waals surface area (Å²) in [5.74, 6) is 0.897. The zero-order valence-electron chi connectivity index (χ0n) is 13.4. The molecule has 0 bridgehead atoms. The third kappa shape index (κ3) is 4.10. The Balaban J connectivity index is 1.43. The number of nitrogens with zero attached hydrogens (tertiary/aromatic N) is 3. The molecule has 1 aliphatic carbocycles. The first-order valence-corrected chi connectivity index (χ1v) is 8.33. The van der Waals surface area contributed by atoms with E-state index >= 15 is 0 Å². The molecule has 1 saturated carbocycles. The second kappa shape index (κ2) is 7.28. The molecular weight excluding hydrogens is 282 g/mol. The Morgan fingerprint density at radius 2 is 2.00 bits per heavy atom. The molecule has 124 valence electrons. The lowest BCUT2D eigenvalue weighted by Gasteiger charge is -2.32. The van der Waals surface area contributed by atoms with Gasteiger partial charge in [-0.3, -0.25) is 14.7 Å². The summed E-state index contributed by atoms with van der Waals surface area (Å²) in [7, 11) is 1.78. The van der Waals surface area contributed by atoms with Crippen molar-refractivity contribution in [3.63, 3.8) is 0 Å². The highest BCUT2D eigenvalue weighted by Crippen LogP contribution is 2.18. The van der Waals surface area contributed by atoms with E-state index in [1.54, 1.807) is 7.05 Å². The molecule has 1 unspecified atom stereocenters. The molecule has 2 heterocycles. The van der Waals surface area contributed by atoms with Gasteiger partial charge in [-0.25, -0.2) is 0 Å². The lowest BCUT2D eigenvalue weighted by atomic mass is 10.2. The van der Waals surface area contributed by atoms with Crippen molar-refractivity contribution < 1.29 is 9.53 Å². The Bertz CT molecular complexity index is 418. The van der Waals surface area contributed by atoms with E-state index in [4.69, 9.17) is 4.74 Å². The maximum atomic E-state index is 11.8. The van der Waals surface area contributed by atoms with Crippen molar-refractivity contribution in [2.45, 2.75) is 31.3 Å². The van der Waals surface area contributed by atoms with Crippen LogP contribution >= 0.6 is 0 Å². The molecule has 3 fully saturated rings. The third-order valence-corrected chi connectivity index (χ3v) is 4.59. The van der Waals surface area contributed by atoms with Crippen molar-refractivity contribution in [3.8, 4) is 0 Å². The number of hydrogen-bond donors (Lipinski definition) is 2. The van der Waals surface area contributed by atoms with Gasteiger partial charge in [0.05, 0.1) is 19.8 Å². The van der Waals surface area contributed by atoms with Gasteiger partial charge < -0.3 is 20.3 Å². The average Bonchev–Trinajstić information content (AvgIpc) is 3.22. The molecule has 3 rings (SSSR count). The van der Waals surface area contributed by atoms with Gasteiger partial charge in [0.2, 0.25) is 5.91 Å². The van der Waals surface area contributed by atoms with E-state index in [1.165, 1.54) is 0 Å². The number of nitrogens with one attached hydrogen (secondary N) is 2. The Labute approximate surface area is 132 Å². The maximum Gasteiger partial charge on any atom is 0.239 e. The van der Waals surface area contributed by atoms with E-state index in [9.17, 15) is 4.79 Å². The molecule has 0 radical (unpaired) electrons. The topological polar surface area (TPSA) is 69.2 Å². The number of ether oxygens (including phenoxy) is 1. The molecule has 0 aromatic heterocycles. The van der Waals surface area contributed by atoms with Crippen LogP contribution in [-0.2, 0) is 9.53 Å². The van der Waals surface area contributed by atoms with Crippen molar-refractivity contribution in [1.29, 1.82) is 0 Å². The van der Waals surface area contributed by atoms with Gasteiger partial charge in [0, 0.05) is 45.3 Å². The molecule has 2 aliphatic heterocycles. The zero-order valence-corrected chi connectivity index (χ0v) is 13.4. The minimum atomic E-state index is 0.0626. The number of aliphatic imine (C=N–C) groups is 1. The van der Waals surface area contributed by atoms with Gasteiger partial charge in [-0.2, -0.15) is 0 Å². The molecular formula is C15H27N5O2. The number of amides is 1. The van der Waals surface area contributed by atoms with E-state index in [-0.39, 0.29) is 5.91 Å². The van der Waals surface area contributed by atoms with Crippen LogP contribution in [0.15, 0.2) is 4.99 Å². The molecule has 1 atom stereocenters. The van der Waals surface area contributed by atoms with Crippen molar-refractivity contribution >= 4 is 11.9 Å². The van der Waals surface area contributed by atoms with Gasteiger partial charge in [-0.05, 0) is 19.3 Å². The van der Waals surface area contributed by atoms with E-state index in [0.29, 0.717) is 18.6 Å². The Morgan fingerprint density at radius 1 is 1.23 bits per heavy atom. The van der Waals surface area contributed by atoms with E-state index < -0.39 is 0 Å². The first-order valence-electron chi connectivity index (χ1n) is 8.33. The summed E-state index contributed by atoms with van der Waals surface area (Å²) >= 11 is 0. The summed E-state index contributed by atoms with van der Waals surface area (Å²) < 4.78 is 5.42. The summed E-state index contributed by atoms with van der Waals surface area (Å²) in [4.78, 5) is 20.9. The summed E-state index contributed by atoms with van der Waals surface area (Å²) in [6.07, 6.45) is 3.39. The van der Waals surface area contributed by atoms with Crippen molar-refractivity contribution in [3.05, 3.63) is 0 Å². The number of carbonyl (C=O) groups excluding carboxylic acids is 1. The molecule has 7 nitrogen and oxygen atoms in total. The Hall–Kier alpha value is -1.34. The number of rotatable bonds is 4. The largest absolute Gasteiger partial charge is 0.379 e. The van der Waals surface area contributed by atoms with Crippen molar-refractivity contribution in [1.82, 2.24) is 20.4 Å². The predicted molar refractivity (Wildman–Crippen MR) is 84.9 cm³/mol. The van der Waals surface area contributed by atoms with Crippen LogP contribution < -0.4 is 10.6 Å². The van der Waals surface area contributed by atoms with Gasteiger partial charge in [-0.1, -0.05) is 0 Å². The molecule has 2 saturated heterocycles. The monoisotopic (exact) mass is 309 g/mol. The smallest absolute Gasteiger partial charge is 0.239 e. The number of hydrogen-bond acceptors (Lipinski definition) is 4. The highest BCUT2D eigenvalue weighted by atomic mass is 16.5. The molecule has 7 heteroatoms. The summed E-state index contributed by atoms with van der Waals surface area (Å²) in [5.41, 5.74) is 0. The minimum absolute atomic E-state index is 0.0626. The van der Waals surface area contributed by atoms with E-state index in [0.717, 1.165) is 64.6 Å². The van der Waals surface area contributed by atoms with Crippen molar-refractivity contribution in [2.75, 3.05) is 53.0 Å². The third-order valence-electron chi connectivity index (χ3n) is 4.59. The second-order valence-electron chi connectivity index (χ2n) is 6.28. The Kier molecular flexibility index (Phi) is 5.15. The fourth-order valence-corrected chi connectivity index (χ4v) is 3.17. The number of guanidine groups is 1. The lowest BCUT2D eigenvalue weighted by Crippen LogP contribution is -2.48. The van der Waals surface area contributed by atoms with E-state index in [1.807, 2.05) is 0 Å². The molecule has 0 aromatic carbocycles. The standard InChI is InChI=1S/C15H27N5O2/c1-16-15(17-10-14(21)18-12-2-3-12)20-5-4-13(11-20)19-6-8-22-9-7-19/h12-13H,2-11H2,1H3,(H,16,17)(H,18,21). The fraction of sp³-hybridized carbons (Fsp3) is 0.867. The summed E-state index contributed by atoms with van der Waals surface area (Å²) in [5, 5.41) is 6.18. The molecule has 1 amide bonds. The van der Waals surface area contributed by atoms with Crippen molar-refractivity contribution in [2.24, 2.45) is 4.99 Å². The van der Waals surface area contributed by atoms with Crippen LogP contribution in [0.3, 0.4) is 0 Å². The number of carbonyl (C=O) groups is 1. The highest BCUT2D eigenvalue weighted by molar-refractivity contribution is 5.86. The average molecular weight is 309 g/mol. The van der Waals surface area contributed by atoms with E-state index in [2.05, 4.69) is 25.4 Å². The summed E-state index contributed by atoms with van der Waals surface area (Å²) in [6.45, 7) is 6.00. The first-order chi connectivity index (χ1) is 10.8.